The van der Waals surface area contributed by atoms with Gasteiger partial charge in [0.25, 0.3) is 0 Å². The van der Waals surface area contributed by atoms with E-state index < -0.39 is 0 Å². The zero-order chi connectivity index (χ0) is 11.8. The number of amides is 1. The van der Waals surface area contributed by atoms with Crippen LogP contribution in [0.15, 0.2) is 12.4 Å². The Hall–Kier alpha value is -1.49. The number of rotatable bonds is 6. The van der Waals surface area contributed by atoms with Crippen molar-refractivity contribution in [2.45, 2.75) is 26.8 Å². The molecule has 1 amide bonds. The van der Waals surface area contributed by atoms with Crippen molar-refractivity contribution in [3.63, 3.8) is 0 Å². The fraction of sp³-hybridized carbons (Fsp3) is 0.545. The molecule has 0 bridgehead atoms. The molecule has 0 aliphatic rings. The molecule has 0 aromatic carbocycles. The van der Waals surface area contributed by atoms with Crippen molar-refractivity contribution >= 4 is 5.91 Å². The number of ether oxygens (including phenoxy) is 1. The van der Waals surface area contributed by atoms with Crippen molar-refractivity contribution in [2.75, 3.05) is 13.2 Å². The number of hydrogen-bond acceptors (Lipinski definition) is 4. The van der Waals surface area contributed by atoms with Gasteiger partial charge in [-0.05, 0) is 13.3 Å². The van der Waals surface area contributed by atoms with Gasteiger partial charge in [-0.2, -0.15) is 0 Å². The monoisotopic (exact) mass is 223 g/mol. The van der Waals surface area contributed by atoms with E-state index >= 15 is 0 Å². The summed E-state index contributed by atoms with van der Waals surface area (Å²) in [5.41, 5.74) is 1.61. The Bertz CT molecular complexity index is 325. The maximum Gasteiger partial charge on any atom is 0.246 e. The van der Waals surface area contributed by atoms with E-state index in [1.807, 2.05) is 13.8 Å². The molecule has 16 heavy (non-hydrogen) atoms. The minimum Gasteiger partial charge on any atom is -0.372 e. The first-order valence-electron chi connectivity index (χ1n) is 5.34. The summed E-state index contributed by atoms with van der Waals surface area (Å²) in [6, 6.07) is 0. The first-order valence-corrected chi connectivity index (χ1v) is 5.34. The van der Waals surface area contributed by atoms with Gasteiger partial charge in [0.2, 0.25) is 5.91 Å². The van der Waals surface area contributed by atoms with Crippen LogP contribution in [0.2, 0.25) is 0 Å². The number of nitrogens with one attached hydrogen (secondary N) is 1. The maximum absolute atomic E-state index is 11.3. The van der Waals surface area contributed by atoms with Crippen LogP contribution in [0, 0.1) is 6.92 Å². The smallest absolute Gasteiger partial charge is 0.246 e. The van der Waals surface area contributed by atoms with Crippen molar-refractivity contribution in [3.8, 4) is 0 Å². The molecule has 1 aromatic rings. The summed E-state index contributed by atoms with van der Waals surface area (Å²) in [4.78, 5) is 19.5. The van der Waals surface area contributed by atoms with Crippen molar-refractivity contribution in [3.05, 3.63) is 23.8 Å². The summed E-state index contributed by atoms with van der Waals surface area (Å²) in [6.45, 7) is 4.97. The van der Waals surface area contributed by atoms with Crippen LogP contribution in [0.4, 0.5) is 0 Å². The molecule has 1 heterocycles. The SMILES string of the molecule is CCCOCC(=O)NCc1cnc(C)cn1. The molecular weight excluding hydrogens is 206 g/mol. The highest BCUT2D eigenvalue weighted by Gasteiger charge is 2.01. The average molecular weight is 223 g/mol. The Balaban J connectivity index is 2.23. The fourth-order valence-corrected chi connectivity index (χ4v) is 1.06. The van der Waals surface area contributed by atoms with Crippen molar-refractivity contribution in [1.82, 2.24) is 15.3 Å². The van der Waals surface area contributed by atoms with Crippen LogP contribution in [0.3, 0.4) is 0 Å². The molecule has 5 nitrogen and oxygen atoms in total. The van der Waals surface area contributed by atoms with E-state index in [0.29, 0.717) is 13.2 Å². The third-order valence-corrected chi connectivity index (χ3v) is 1.88. The van der Waals surface area contributed by atoms with Gasteiger partial charge in [-0.15, -0.1) is 0 Å². The summed E-state index contributed by atoms with van der Waals surface area (Å²) in [7, 11) is 0. The lowest BCUT2D eigenvalue weighted by molar-refractivity contribution is -0.125. The molecule has 0 fully saturated rings. The van der Waals surface area contributed by atoms with Gasteiger partial charge in [0.15, 0.2) is 0 Å². The largest absolute Gasteiger partial charge is 0.372 e. The van der Waals surface area contributed by atoms with Crippen molar-refractivity contribution < 1.29 is 9.53 Å². The Labute approximate surface area is 95.3 Å². The third-order valence-electron chi connectivity index (χ3n) is 1.88. The Morgan fingerprint density at radius 1 is 1.44 bits per heavy atom. The predicted octanol–water partition coefficient (Wildman–Crippen LogP) is 0.828. The average Bonchev–Trinajstić information content (AvgIpc) is 2.29. The van der Waals surface area contributed by atoms with E-state index in [1.165, 1.54) is 0 Å². The van der Waals surface area contributed by atoms with E-state index in [9.17, 15) is 4.79 Å². The summed E-state index contributed by atoms with van der Waals surface area (Å²) in [5.74, 6) is -0.129. The number of hydrogen-bond donors (Lipinski definition) is 1. The molecule has 1 rings (SSSR count). The van der Waals surface area contributed by atoms with Gasteiger partial charge in [0, 0.05) is 12.8 Å². The van der Waals surface area contributed by atoms with Crippen LogP contribution in [0.1, 0.15) is 24.7 Å². The van der Waals surface area contributed by atoms with E-state index in [4.69, 9.17) is 4.74 Å². The fourth-order valence-electron chi connectivity index (χ4n) is 1.06. The molecular formula is C11H17N3O2. The Morgan fingerprint density at radius 3 is 2.88 bits per heavy atom. The van der Waals surface area contributed by atoms with Gasteiger partial charge in [0.1, 0.15) is 6.61 Å². The maximum atomic E-state index is 11.3. The van der Waals surface area contributed by atoms with Crippen LogP contribution >= 0.6 is 0 Å². The van der Waals surface area contributed by atoms with E-state index in [-0.39, 0.29) is 12.5 Å². The zero-order valence-electron chi connectivity index (χ0n) is 9.69. The molecule has 0 aliphatic carbocycles. The minimum absolute atomic E-state index is 0.104. The second-order valence-corrected chi connectivity index (χ2v) is 3.48. The highest BCUT2D eigenvalue weighted by molar-refractivity contribution is 5.77. The Morgan fingerprint density at radius 2 is 2.25 bits per heavy atom. The lowest BCUT2D eigenvalue weighted by Gasteiger charge is -2.05. The van der Waals surface area contributed by atoms with Crippen LogP contribution in [0.5, 0.6) is 0 Å². The molecule has 1 aromatic heterocycles. The molecule has 88 valence electrons. The lowest BCUT2D eigenvalue weighted by Crippen LogP contribution is -2.27. The molecule has 1 N–H and O–H groups in total. The number of aromatic nitrogens is 2. The van der Waals surface area contributed by atoms with Crippen molar-refractivity contribution in [2.24, 2.45) is 0 Å². The minimum atomic E-state index is -0.129. The first kappa shape index (κ1) is 12.6. The van der Waals surface area contributed by atoms with Gasteiger partial charge in [-0.25, -0.2) is 0 Å². The number of carbonyl (C=O) groups excluding carboxylic acids is 1. The quantitative estimate of drug-likeness (QED) is 0.725. The predicted molar refractivity (Wildman–Crippen MR) is 59.7 cm³/mol. The normalized spacial score (nSPS) is 10.1. The Kier molecular flexibility index (Phi) is 5.42. The van der Waals surface area contributed by atoms with E-state index in [2.05, 4.69) is 15.3 Å². The molecule has 0 saturated heterocycles. The number of carbonyl (C=O) groups is 1. The van der Waals surface area contributed by atoms with Gasteiger partial charge >= 0.3 is 0 Å². The highest BCUT2D eigenvalue weighted by atomic mass is 16.5. The molecule has 0 saturated carbocycles. The molecule has 0 radical (unpaired) electrons. The molecule has 0 unspecified atom stereocenters. The topological polar surface area (TPSA) is 64.1 Å². The second-order valence-electron chi connectivity index (χ2n) is 3.48. The first-order chi connectivity index (χ1) is 7.72. The summed E-state index contributed by atoms with van der Waals surface area (Å²) < 4.78 is 5.10. The van der Waals surface area contributed by atoms with Crippen LogP contribution in [-0.4, -0.2) is 29.1 Å². The number of aryl methyl sites for hydroxylation is 1. The number of nitrogens with zero attached hydrogens (tertiary/aromatic N) is 2. The summed E-state index contributed by atoms with van der Waals surface area (Å²) in [6.07, 6.45) is 4.24. The third kappa shape index (κ3) is 4.84. The van der Waals surface area contributed by atoms with Gasteiger partial charge in [-0.1, -0.05) is 6.92 Å². The molecule has 0 spiro atoms. The standard InChI is InChI=1S/C11H17N3O2/c1-3-4-16-8-11(15)14-7-10-6-12-9(2)5-13-10/h5-6H,3-4,7-8H2,1-2H3,(H,14,15). The second kappa shape index (κ2) is 6.90. The van der Waals surface area contributed by atoms with Crippen LogP contribution < -0.4 is 5.32 Å². The van der Waals surface area contributed by atoms with Crippen LogP contribution in [-0.2, 0) is 16.1 Å². The zero-order valence-corrected chi connectivity index (χ0v) is 9.69. The van der Waals surface area contributed by atoms with Crippen LogP contribution in [0.25, 0.3) is 0 Å². The lowest BCUT2D eigenvalue weighted by atomic mass is 10.4. The molecule has 5 heteroatoms. The molecule has 0 atom stereocenters. The van der Waals surface area contributed by atoms with Gasteiger partial charge in [0.05, 0.1) is 24.1 Å². The molecule has 0 aliphatic heterocycles. The highest BCUT2D eigenvalue weighted by Crippen LogP contribution is 1.93. The summed E-state index contributed by atoms with van der Waals surface area (Å²) in [5, 5.41) is 2.71. The van der Waals surface area contributed by atoms with E-state index in [1.54, 1.807) is 12.4 Å². The van der Waals surface area contributed by atoms with E-state index in [0.717, 1.165) is 17.8 Å². The van der Waals surface area contributed by atoms with Gasteiger partial charge in [-0.3, -0.25) is 14.8 Å². The summed E-state index contributed by atoms with van der Waals surface area (Å²) >= 11 is 0. The van der Waals surface area contributed by atoms with Gasteiger partial charge < -0.3 is 10.1 Å². The van der Waals surface area contributed by atoms with Crippen molar-refractivity contribution in [1.29, 1.82) is 0 Å².